The molecule has 3 aromatic rings. The summed E-state index contributed by atoms with van der Waals surface area (Å²) in [6.07, 6.45) is 5.05. The molecule has 2 fully saturated rings. The van der Waals surface area contributed by atoms with E-state index < -0.39 is 0 Å². The summed E-state index contributed by atoms with van der Waals surface area (Å²) < 4.78 is 0. The minimum atomic E-state index is -0.0329. The van der Waals surface area contributed by atoms with Crippen LogP contribution in [0.4, 0.5) is 0 Å². The highest BCUT2D eigenvalue weighted by Gasteiger charge is 2.41. The number of nitrogens with zero attached hydrogens (tertiary/aromatic N) is 3. The smallest absolute Gasteiger partial charge is 0.273 e. The Kier molecular flexibility index (Phi) is 4.05. The third-order valence-corrected chi connectivity index (χ3v) is 6.09. The van der Waals surface area contributed by atoms with Gasteiger partial charge in [-0.25, -0.2) is 4.98 Å². The molecule has 144 valence electrons. The molecule has 0 bridgehead atoms. The standard InChI is InChI=1S/C21H23N5O2/c27-15-4-2-14(3-5-15)17-10-18-16(11-23-25-18)19(24-17)20(28)26-9-7-21(13-26)6-1-8-22-12-21/h2-5,10-11,22,27H,1,6-9,12-13H2,(H,23,25). The molecule has 7 nitrogen and oxygen atoms in total. The fourth-order valence-corrected chi connectivity index (χ4v) is 4.52. The van der Waals surface area contributed by atoms with Crippen LogP contribution >= 0.6 is 0 Å². The summed E-state index contributed by atoms with van der Waals surface area (Å²) in [5.74, 6) is 0.167. The zero-order valence-electron chi connectivity index (χ0n) is 15.6. The van der Waals surface area contributed by atoms with Crippen molar-refractivity contribution in [1.82, 2.24) is 25.4 Å². The number of piperidine rings is 1. The fourth-order valence-electron chi connectivity index (χ4n) is 4.52. The number of aromatic amines is 1. The van der Waals surface area contributed by atoms with Gasteiger partial charge in [0.1, 0.15) is 11.4 Å². The maximum atomic E-state index is 13.4. The van der Waals surface area contributed by atoms with Gasteiger partial charge in [-0.3, -0.25) is 9.89 Å². The summed E-state index contributed by atoms with van der Waals surface area (Å²) in [4.78, 5) is 20.0. The number of hydrogen-bond donors (Lipinski definition) is 3. The van der Waals surface area contributed by atoms with Crippen LogP contribution < -0.4 is 5.32 Å². The maximum absolute atomic E-state index is 13.4. The van der Waals surface area contributed by atoms with Crippen LogP contribution in [0.15, 0.2) is 36.5 Å². The van der Waals surface area contributed by atoms with Gasteiger partial charge >= 0.3 is 0 Å². The van der Waals surface area contributed by atoms with Crippen molar-refractivity contribution in [2.75, 3.05) is 26.2 Å². The van der Waals surface area contributed by atoms with Crippen molar-refractivity contribution in [3.05, 3.63) is 42.2 Å². The Morgan fingerprint density at radius 1 is 1.21 bits per heavy atom. The number of nitrogens with one attached hydrogen (secondary N) is 2. The van der Waals surface area contributed by atoms with E-state index in [0.717, 1.165) is 49.1 Å². The second kappa shape index (κ2) is 6.60. The van der Waals surface area contributed by atoms with Gasteiger partial charge < -0.3 is 15.3 Å². The molecule has 28 heavy (non-hydrogen) atoms. The number of benzene rings is 1. The highest BCUT2D eigenvalue weighted by atomic mass is 16.3. The number of rotatable bonds is 2. The van der Waals surface area contributed by atoms with Crippen LogP contribution in [0, 0.1) is 5.41 Å². The van der Waals surface area contributed by atoms with Crippen molar-refractivity contribution in [2.45, 2.75) is 19.3 Å². The molecule has 4 heterocycles. The van der Waals surface area contributed by atoms with Gasteiger partial charge in [0.25, 0.3) is 5.91 Å². The first kappa shape index (κ1) is 17.2. The number of carbonyl (C=O) groups is 1. The monoisotopic (exact) mass is 377 g/mol. The minimum absolute atomic E-state index is 0.0329. The van der Waals surface area contributed by atoms with Gasteiger partial charge in [-0.05, 0) is 56.1 Å². The third kappa shape index (κ3) is 2.92. The molecule has 3 N–H and O–H groups in total. The molecule has 0 radical (unpaired) electrons. The number of aromatic hydroxyl groups is 1. The van der Waals surface area contributed by atoms with Crippen LogP contribution in [0.5, 0.6) is 5.75 Å². The number of hydrogen-bond acceptors (Lipinski definition) is 5. The molecule has 5 rings (SSSR count). The molecular formula is C21H23N5O2. The third-order valence-electron chi connectivity index (χ3n) is 6.09. The SMILES string of the molecule is O=C(c1nc(-c2ccc(O)cc2)cc2[nH]ncc12)N1CCC2(CCCNC2)C1. The minimum Gasteiger partial charge on any atom is -0.508 e. The summed E-state index contributed by atoms with van der Waals surface area (Å²) in [7, 11) is 0. The molecule has 7 heteroatoms. The van der Waals surface area contributed by atoms with Crippen LogP contribution in [0.25, 0.3) is 22.2 Å². The summed E-state index contributed by atoms with van der Waals surface area (Å²) in [5.41, 5.74) is 2.97. The molecule has 2 aromatic heterocycles. The van der Waals surface area contributed by atoms with Crippen molar-refractivity contribution in [2.24, 2.45) is 5.41 Å². The van der Waals surface area contributed by atoms with Gasteiger partial charge in [-0.2, -0.15) is 5.10 Å². The number of carbonyl (C=O) groups excluding carboxylic acids is 1. The van der Waals surface area contributed by atoms with E-state index in [2.05, 4.69) is 15.5 Å². The van der Waals surface area contributed by atoms with Crippen molar-refractivity contribution < 1.29 is 9.90 Å². The molecule has 2 saturated heterocycles. The number of phenols is 1. The van der Waals surface area contributed by atoms with Crippen LogP contribution in [-0.4, -0.2) is 57.3 Å². The van der Waals surface area contributed by atoms with E-state index in [1.165, 1.54) is 12.8 Å². The van der Waals surface area contributed by atoms with Crippen molar-refractivity contribution in [1.29, 1.82) is 0 Å². The quantitative estimate of drug-likeness (QED) is 0.638. The average molecular weight is 377 g/mol. The number of fused-ring (bicyclic) bond motifs is 1. The first-order valence-electron chi connectivity index (χ1n) is 9.77. The number of aromatic nitrogens is 3. The van der Waals surface area contributed by atoms with Gasteiger partial charge in [0.15, 0.2) is 0 Å². The molecule has 1 unspecified atom stereocenters. The molecule has 0 aliphatic carbocycles. The predicted octanol–water partition coefficient (Wildman–Crippen LogP) is 2.55. The fraction of sp³-hybridized carbons (Fsp3) is 0.381. The number of likely N-dealkylation sites (tertiary alicyclic amines) is 1. The Labute approximate surface area is 162 Å². The van der Waals surface area contributed by atoms with Crippen LogP contribution in [0.3, 0.4) is 0 Å². The van der Waals surface area contributed by atoms with E-state index >= 15 is 0 Å². The van der Waals surface area contributed by atoms with Crippen LogP contribution in [0.2, 0.25) is 0 Å². The molecular weight excluding hydrogens is 354 g/mol. The largest absolute Gasteiger partial charge is 0.508 e. The zero-order valence-corrected chi connectivity index (χ0v) is 15.6. The Hall–Kier alpha value is -2.93. The molecule has 1 aromatic carbocycles. The van der Waals surface area contributed by atoms with E-state index in [1.54, 1.807) is 30.5 Å². The number of phenolic OH excluding ortho intramolecular Hbond substituents is 1. The molecule has 1 spiro atoms. The average Bonchev–Trinajstić information content (AvgIpc) is 3.35. The summed E-state index contributed by atoms with van der Waals surface area (Å²) in [6.45, 7) is 3.61. The lowest BCUT2D eigenvalue weighted by Crippen LogP contribution is -2.42. The maximum Gasteiger partial charge on any atom is 0.273 e. The summed E-state index contributed by atoms with van der Waals surface area (Å²) >= 11 is 0. The lowest BCUT2D eigenvalue weighted by molar-refractivity contribution is 0.0760. The normalized spacial score (nSPS) is 22.2. The van der Waals surface area contributed by atoms with E-state index in [-0.39, 0.29) is 17.1 Å². The lowest BCUT2D eigenvalue weighted by Gasteiger charge is -2.33. The van der Waals surface area contributed by atoms with E-state index in [0.29, 0.717) is 11.4 Å². The van der Waals surface area contributed by atoms with Crippen molar-refractivity contribution >= 4 is 16.8 Å². The van der Waals surface area contributed by atoms with E-state index in [1.807, 2.05) is 11.0 Å². The highest BCUT2D eigenvalue weighted by Crippen LogP contribution is 2.37. The van der Waals surface area contributed by atoms with Crippen molar-refractivity contribution in [3.8, 4) is 17.0 Å². The Bertz CT molecular complexity index is 1020. The lowest BCUT2D eigenvalue weighted by atomic mass is 9.80. The Morgan fingerprint density at radius 3 is 2.86 bits per heavy atom. The summed E-state index contributed by atoms with van der Waals surface area (Å²) in [6, 6.07) is 8.73. The first-order chi connectivity index (χ1) is 13.6. The zero-order chi connectivity index (χ0) is 19.1. The van der Waals surface area contributed by atoms with Gasteiger partial charge in [0, 0.05) is 30.6 Å². The van der Waals surface area contributed by atoms with Crippen molar-refractivity contribution in [3.63, 3.8) is 0 Å². The van der Waals surface area contributed by atoms with Gasteiger partial charge in [0.2, 0.25) is 0 Å². The molecule has 2 aliphatic heterocycles. The Morgan fingerprint density at radius 2 is 2.07 bits per heavy atom. The molecule has 1 amide bonds. The first-order valence-corrected chi connectivity index (χ1v) is 9.77. The molecule has 0 saturated carbocycles. The second-order valence-corrected chi connectivity index (χ2v) is 7.99. The Balaban J connectivity index is 1.50. The number of H-pyrrole nitrogens is 1. The summed E-state index contributed by atoms with van der Waals surface area (Å²) in [5, 5.41) is 20.9. The van der Waals surface area contributed by atoms with E-state index in [4.69, 9.17) is 4.98 Å². The second-order valence-electron chi connectivity index (χ2n) is 7.99. The van der Waals surface area contributed by atoms with Gasteiger partial charge in [-0.1, -0.05) is 0 Å². The molecule has 1 atom stereocenters. The number of pyridine rings is 1. The molecule has 2 aliphatic rings. The highest BCUT2D eigenvalue weighted by molar-refractivity contribution is 6.05. The van der Waals surface area contributed by atoms with Gasteiger partial charge in [-0.15, -0.1) is 0 Å². The van der Waals surface area contributed by atoms with Crippen LogP contribution in [0.1, 0.15) is 29.8 Å². The predicted molar refractivity (Wildman–Crippen MR) is 106 cm³/mol. The van der Waals surface area contributed by atoms with Crippen LogP contribution in [-0.2, 0) is 0 Å². The van der Waals surface area contributed by atoms with E-state index in [9.17, 15) is 9.90 Å². The van der Waals surface area contributed by atoms with Gasteiger partial charge in [0.05, 0.1) is 22.8 Å². The number of amides is 1. The topological polar surface area (TPSA) is 94.1 Å².